The summed E-state index contributed by atoms with van der Waals surface area (Å²) < 4.78 is 0. The highest BCUT2D eigenvalue weighted by molar-refractivity contribution is 4.62. The van der Waals surface area contributed by atoms with Crippen molar-refractivity contribution in [2.75, 3.05) is 6.54 Å². The summed E-state index contributed by atoms with van der Waals surface area (Å²) in [7, 11) is 0. The van der Waals surface area contributed by atoms with Gasteiger partial charge in [-0.05, 0) is 19.4 Å². The highest BCUT2D eigenvalue weighted by Crippen LogP contribution is 1.93. The molecular formula is C6H14N. The van der Waals surface area contributed by atoms with Gasteiger partial charge in [0.25, 0.3) is 0 Å². The number of hydrogen-bond acceptors (Lipinski definition) is 1. The van der Waals surface area contributed by atoms with Crippen LogP contribution in [0.1, 0.15) is 26.2 Å². The SMILES string of the molecule is CCC[CH]CCN. The van der Waals surface area contributed by atoms with Crippen molar-refractivity contribution in [1.29, 1.82) is 0 Å². The lowest BCUT2D eigenvalue weighted by molar-refractivity contribution is 0.817. The lowest BCUT2D eigenvalue weighted by Crippen LogP contribution is -1.97. The fourth-order valence-corrected chi connectivity index (χ4v) is 0.466. The molecule has 0 aliphatic carbocycles. The Morgan fingerprint density at radius 1 is 1.43 bits per heavy atom. The quantitative estimate of drug-likeness (QED) is 0.530. The number of rotatable bonds is 4. The molecule has 0 unspecified atom stereocenters. The number of unbranched alkanes of at least 4 members (excludes halogenated alkanes) is 3. The summed E-state index contributed by atoms with van der Waals surface area (Å²) in [6, 6.07) is 0. The highest BCUT2D eigenvalue weighted by atomic mass is 14.5. The van der Waals surface area contributed by atoms with Crippen LogP contribution in [0.5, 0.6) is 0 Å². The Bertz CT molecular complexity index is 23.4. The molecule has 0 rings (SSSR count). The summed E-state index contributed by atoms with van der Waals surface area (Å²) in [6.07, 6.45) is 5.78. The number of nitrogens with two attached hydrogens (primary N) is 1. The molecule has 0 aliphatic heterocycles. The van der Waals surface area contributed by atoms with E-state index in [1.807, 2.05) is 0 Å². The molecule has 0 saturated heterocycles. The Kier molecular flexibility index (Phi) is 5.93. The van der Waals surface area contributed by atoms with E-state index in [9.17, 15) is 0 Å². The topological polar surface area (TPSA) is 26.0 Å². The van der Waals surface area contributed by atoms with Gasteiger partial charge in [0.2, 0.25) is 0 Å². The molecule has 0 bridgehead atoms. The van der Waals surface area contributed by atoms with E-state index in [-0.39, 0.29) is 0 Å². The molecular weight excluding hydrogens is 86.1 g/mol. The molecule has 0 aromatic carbocycles. The predicted octanol–water partition coefficient (Wildman–Crippen LogP) is 1.34. The zero-order chi connectivity index (χ0) is 5.54. The van der Waals surface area contributed by atoms with Gasteiger partial charge >= 0.3 is 0 Å². The van der Waals surface area contributed by atoms with E-state index in [0.717, 1.165) is 13.0 Å². The van der Waals surface area contributed by atoms with Crippen LogP contribution < -0.4 is 5.73 Å². The largest absolute Gasteiger partial charge is 0.330 e. The third kappa shape index (κ3) is 5.96. The first-order valence-corrected chi connectivity index (χ1v) is 2.93. The molecule has 2 N–H and O–H groups in total. The molecule has 43 valence electrons. The van der Waals surface area contributed by atoms with E-state index in [1.165, 1.54) is 12.8 Å². The first-order chi connectivity index (χ1) is 3.41. The van der Waals surface area contributed by atoms with Gasteiger partial charge in [-0.1, -0.05) is 19.8 Å². The zero-order valence-corrected chi connectivity index (χ0v) is 4.98. The monoisotopic (exact) mass is 100 g/mol. The van der Waals surface area contributed by atoms with Crippen molar-refractivity contribution < 1.29 is 0 Å². The van der Waals surface area contributed by atoms with E-state index in [4.69, 9.17) is 5.73 Å². The fraction of sp³-hybridized carbons (Fsp3) is 0.833. The molecule has 0 atom stereocenters. The van der Waals surface area contributed by atoms with Gasteiger partial charge in [-0.15, -0.1) is 0 Å². The summed E-state index contributed by atoms with van der Waals surface area (Å²) in [4.78, 5) is 0. The number of hydrogen-bond donors (Lipinski definition) is 1. The molecule has 0 aliphatic rings. The van der Waals surface area contributed by atoms with Gasteiger partial charge < -0.3 is 5.73 Å². The molecule has 0 spiro atoms. The van der Waals surface area contributed by atoms with Gasteiger partial charge in [0.15, 0.2) is 0 Å². The highest BCUT2D eigenvalue weighted by Gasteiger charge is 1.80. The summed E-state index contributed by atoms with van der Waals surface area (Å²) in [6.45, 7) is 2.98. The zero-order valence-electron chi connectivity index (χ0n) is 4.98. The third-order valence-corrected chi connectivity index (χ3v) is 0.864. The molecule has 1 heteroatoms. The Balaban J connectivity index is 2.45. The average molecular weight is 100 g/mol. The van der Waals surface area contributed by atoms with Crippen molar-refractivity contribution in [3.8, 4) is 0 Å². The molecule has 0 saturated carbocycles. The van der Waals surface area contributed by atoms with Crippen molar-refractivity contribution in [3.05, 3.63) is 6.42 Å². The minimum atomic E-state index is 0.806. The molecule has 1 radical (unpaired) electrons. The maximum Gasteiger partial charge on any atom is -0.00745 e. The molecule has 0 aromatic rings. The van der Waals surface area contributed by atoms with E-state index < -0.39 is 0 Å². The standard InChI is InChI=1S/C6H14N/c1-2-3-4-5-6-7/h4H,2-3,5-7H2,1H3. The van der Waals surface area contributed by atoms with Crippen molar-refractivity contribution in [2.24, 2.45) is 5.73 Å². The van der Waals surface area contributed by atoms with Crippen LogP contribution in [0.3, 0.4) is 0 Å². The van der Waals surface area contributed by atoms with Crippen molar-refractivity contribution in [2.45, 2.75) is 26.2 Å². The van der Waals surface area contributed by atoms with E-state index in [2.05, 4.69) is 13.3 Å². The summed E-state index contributed by atoms with van der Waals surface area (Å²) >= 11 is 0. The molecule has 0 amide bonds. The maximum atomic E-state index is 5.24. The van der Waals surface area contributed by atoms with Gasteiger partial charge in [0, 0.05) is 0 Å². The minimum absolute atomic E-state index is 0.806. The molecule has 1 nitrogen and oxygen atoms in total. The van der Waals surface area contributed by atoms with Gasteiger partial charge in [-0.25, -0.2) is 0 Å². The van der Waals surface area contributed by atoms with Crippen LogP contribution in [-0.4, -0.2) is 6.54 Å². The lowest BCUT2D eigenvalue weighted by Gasteiger charge is -1.90. The van der Waals surface area contributed by atoms with Crippen molar-refractivity contribution >= 4 is 0 Å². The van der Waals surface area contributed by atoms with Gasteiger partial charge in [-0.2, -0.15) is 0 Å². The van der Waals surface area contributed by atoms with Crippen LogP contribution >= 0.6 is 0 Å². The molecule has 0 heterocycles. The summed E-state index contributed by atoms with van der Waals surface area (Å²) in [5, 5.41) is 0. The van der Waals surface area contributed by atoms with Crippen LogP contribution in [0.15, 0.2) is 0 Å². The van der Waals surface area contributed by atoms with E-state index >= 15 is 0 Å². The lowest BCUT2D eigenvalue weighted by atomic mass is 10.2. The second-order valence-corrected chi connectivity index (χ2v) is 1.65. The summed E-state index contributed by atoms with van der Waals surface area (Å²) in [5.74, 6) is 0. The summed E-state index contributed by atoms with van der Waals surface area (Å²) in [5.41, 5.74) is 5.24. The third-order valence-electron chi connectivity index (χ3n) is 0.864. The smallest absolute Gasteiger partial charge is 0.00745 e. The van der Waals surface area contributed by atoms with Crippen LogP contribution in [0.4, 0.5) is 0 Å². The normalized spacial score (nSPS) is 9.43. The Morgan fingerprint density at radius 2 is 2.14 bits per heavy atom. The van der Waals surface area contributed by atoms with Gasteiger partial charge in [-0.3, -0.25) is 0 Å². The van der Waals surface area contributed by atoms with Crippen LogP contribution in [-0.2, 0) is 0 Å². The Hall–Kier alpha value is -0.0400. The Labute approximate surface area is 45.9 Å². The van der Waals surface area contributed by atoms with E-state index in [1.54, 1.807) is 0 Å². The van der Waals surface area contributed by atoms with E-state index in [0.29, 0.717) is 0 Å². The van der Waals surface area contributed by atoms with Crippen LogP contribution in [0.2, 0.25) is 0 Å². The van der Waals surface area contributed by atoms with Crippen LogP contribution in [0, 0.1) is 6.42 Å². The molecule has 7 heavy (non-hydrogen) atoms. The second kappa shape index (κ2) is 5.96. The molecule has 0 aromatic heterocycles. The first-order valence-electron chi connectivity index (χ1n) is 2.93. The van der Waals surface area contributed by atoms with Crippen LogP contribution in [0.25, 0.3) is 0 Å². The van der Waals surface area contributed by atoms with Crippen molar-refractivity contribution in [3.63, 3.8) is 0 Å². The fourth-order valence-electron chi connectivity index (χ4n) is 0.466. The van der Waals surface area contributed by atoms with Crippen molar-refractivity contribution in [1.82, 2.24) is 0 Å². The van der Waals surface area contributed by atoms with Gasteiger partial charge in [0.05, 0.1) is 0 Å². The second-order valence-electron chi connectivity index (χ2n) is 1.65. The van der Waals surface area contributed by atoms with Gasteiger partial charge in [0.1, 0.15) is 0 Å². The minimum Gasteiger partial charge on any atom is -0.330 e. The first kappa shape index (κ1) is 6.96. The predicted molar refractivity (Wildman–Crippen MR) is 32.9 cm³/mol. The maximum absolute atomic E-state index is 5.24. The Morgan fingerprint density at radius 3 is 2.57 bits per heavy atom. The molecule has 0 fully saturated rings. The average Bonchev–Trinajstić information content (AvgIpc) is 1.69.